The number of likely N-dealkylation sites (N-methyl/N-ethyl adjacent to an activating group) is 1. The molecule has 2 heterocycles. The van der Waals surface area contributed by atoms with E-state index in [4.69, 9.17) is 4.74 Å². The molecule has 162 valence electrons. The molecule has 1 aromatic heterocycles. The summed E-state index contributed by atoms with van der Waals surface area (Å²) >= 11 is 0. The highest BCUT2D eigenvalue weighted by atomic mass is 16.5. The molecule has 0 N–H and O–H groups in total. The number of aromatic nitrogens is 3. The van der Waals surface area contributed by atoms with Crippen LogP contribution in [0, 0.1) is 13.8 Å². The van der Waals surface area contributed by atoms with E-state index < -0.39 is 0 Å². The van der Waals surface area contributed by atoms with Gasteiger partial charge in [-0.15, -0.1) is 0 Å². The van der Waals surface area contributed by atoms with Gasteiger partial charge in [-0.25, -0.2) is 9.67 Å². The Morgan fingerprint density at radius 3 is 2.47 bits per heavy atom. The molecule has 0 radical (unpaired) electrons. The molecule has 30 heavy (non-hydrogen) atoms. The van der Waals surface area contributed by atoms with Gasteiger partial charge in [-0.1, -0.05) is 12.1 Å². The maximum Gasteiger partial charge on any atom is 0.253 e. The first-order valence-corrected chi connectivity index (χ1v) is 10.4. The first kappa shape index (κ1) is 22.0. The summed E-state index contributed by atoms with van der Waals surface area (Å²) in [4.78, 5) is 32.9. The van der Waals surface area contributed by atoms with Crippen LogP contribution in [0.15, 0.2) is 24.3 Å². The lowest BCUT2D eigenvalue weighted by atomic mass is 9.95. The van der Waals surface area contributed by atoms with Crippen molar-refractivity contribution in [2.45, 2.75) is 52.3 Å². The van der Waals surface area contributed by atoms with Crippen molar-refractivity contribution < 1.29 is 14.3 Å². The molecule has 1 aliphatic heterocycles. The molecule has 0 saturated carbocycles. The van der Waals surface area contributed by atoms with Crippen LogP contribution < -0.4 is 0 Å². The normalized spacial score (nSPS) is 18.8. The Bertz CT molecular complexity index is 891. The van der Waals surface area contributed by atoms with Gasteiger partial charge in [0.25, 0.3) is 5.91 Å². The highest BCUT2D eigenvalue weighted by Crippen LogP contribution is 2.31. The van der Waals surface area contributed by atoms with Gasteiger partial charge in [0.15, 0.2) is 0 Å². The zero-order valence-electron chi connectivity index (χ0n) is 18.5. The Labute approximate surface area is 177 Å². The van der Waals surface area contributed by atoms with E-state index in [1.807, 2.05) is 49.9 Å². The highest BCUT2D eigenvalue weighted by Gasteiger charge is 2.30. The van der Waals surface area contributed by atoms with E-state index in [-0.39, 0.29) is 30.5 Å². The largest absolute Gasteiger partial charge is 0.373 e. The molecule has 1 saturated heterocycles. The third-order valence-electron chi connectivity index (χ3n) is 5.54. The Morgan fingerprint density at radius 1 is 1.20 bits per heavy atom. The van der Waals surface area contributed by atoms with Crippen LogP contribution in [-0.4, -0.2) is 69.7 Å². The number of rotatable bonds is 6. The van der Waals surface area contributed by atoms with Gasteiger partial charge < -0.3 is 14.5 Å². The minimum atomic E-state index is -0.0931. The molecule has 2 aromatic rings. The maximum atomic E-state index is 13.0. The second-order valence-electron chi connectivity index (χ2n) is 7.90. The maximum absolute atomic E-state index is 13.0. The highest BCUT2D eigenvalue weighted by molar-refractivity contribution is 5.93. The van der Waals surface area contributed by atoms with Crippen molar-refractivity contribution in [2.24, 2.45) is 0 Å². The average Bonchev–Trinajstić information content (AvgIpc) is 3.05. The van der Waals surface area contributed by atoms with Gasteiger partial charge in [0.2, 0.25) is 5.91 Å². The van der Waals surface area contributed by atoms with E-state index in [1.54, 1.807) is 23.7 Å². The average molecular weight is 414 g/mol. The molecule has 0 spiro atoms. The SMILES string of the molecule is CCN(C(=O)Cn1nc(C)nc1C)[C@@H]1CCO[C@H](c2ccc(C(=O)N(C)C)cc2)C1. The lowest BCUT2D eigenvalue weighted by Gasteiger charge is -2.37. The summed E-state index contributed by atoms with van der Waals surface area (Å²) in [5.74, 6) is 1.44. The first-order valence-electron chi connectivity index (χ1n) is 10.4. The van der Waals surface area contributed by atoms with Crippen molar-refractivity contribution in [3.8, 4) is 0 Å². The summed E-state index contributed by atoms with van der Waals surface area (Å²) in [7, 11) is 3.48. The van der Waals surface area contributed by atoms with Crippen molar-refractivity contribution >= 4 is 11.8 Å². The summed E-state index contributed by atoms with van der Waals surface area (Å²) in [5.41, 5.74) is 1.68. The predicted molar refractivity (Wildman–Crippen MR) is 113 cm³/mol. The van der Waals surface area contributed by atoms with Gasteiger partial charge >= 0.3 is 0 Å². The predicted octanol–water partition coefficient (Wildman–Crippen LogP) is 2.37. The van der Waals surface area contributed by atoms with E-state index >= 15 is 0 Å². The zero-order chi connectivity index (χ0) is 21.8. The fraction of sp³-hybridized carbons (Fsp3) is 0.545. The number of aryl methyl sites for hydroxylation is 2. The lowest BCUT2D eigenvalue weighted by molar-refractivity contribution is -0.137. The Morgan fingerprint density at radius 2 is 1.90 bits per heavy atom. The molecule has 0 unspecified atom stereocenters. The van der Waals surface area contributed by atoms with Gasteiger partial charge in [0.1, 0.15) is 18.2 Å². The van der Waals surface area contributed by atoms with Crippen molar-refractivity contribution in [2.75, 3.05) is 27.2 Å². The van der Waals surface area contributed by atoms with Crippen molar-refractivity contribution in [3.63, 3.8) is 0 Å². The number of carbonyl (C=O) groups is 2. The minimum absolute atomic E-state index is 0.0228. The van der Waals surface area contributed by atoms with Crippen LogP contribution in [0.1, 0.15) is 53.4 Å². The first-order chi connectivity index (χ1) is 14.3. The summed E-state index contributed by atoms with van der Waals surface area (Å²) in [5, 5.41) is 4.31. The van der Waals surface area contributed by atoms with Gasteiger partial charge in [-0.2, -0.15) is 5.10 Å². The van der Waals surface area contributed by atoms with Crippen LogP contribution >= 0.6 is 0 Å². The second-order valence-corrected chi connectivity index (χ2v) is 7.90. The number of hydrogen-bond donors (Lipinski definition) is 0. The standard InChI is InChI=1S/C22H31N5O3/c1-6-26(21(28)14-27-16(3)23-15(2)24-27)19-11-12-30-20(13-19)17-7-9-18(10-8-17)22(29)25(4)5/h7-10,19-20H,6,11-14H2,1-5H3/t19-,20+/m1/s1. The molecule has 2 amide bonds. The minimum Gasteiger partial charge on any atom is -0.373 e. The number of nitrogens with zero attached hydrogens (tertiary/aromatic N) is 5. The molecule has 1 aromatic carbocycles. The molecule has 0 aliphatic carbocycles. The van der Waals surface area contributed by atoms with Crippen LogP contribution in [0.2, 0.25) is 0 Å². The van der Waals surface area contributed by atoms with Gasteiger partial charge in [0, 0.05) is 38.9 Å². The van der Waals surface area contributed by atoms with E-state index in [0.29, 0.717) is 24.5 Å². The van der Waals surface area contributed by atoms with E-state index in [2.05, 4.69) is 10.1 Å². The van der Waals surface area contributed by atoms with E-state index in [9.17, 15) is 9.59 Å². The monoisotopic (exact) mass is 413 g/mol. The number of ether oxygens (including phenoxy) is 1. The number of benzene rings is 1. The molecule has 1 fully saturated rings. The number of carbonyl (C=O) groups excluding carboxylic acids is 2. The lowest BCUT2D eigenvalue weighted by Crippen LogP contribution is -2.45. The van der Waals surface area contributed by atoms with Crippen LogP contribution in [-0.2, 0) is 16.1 Å². The third kappa shape index (κ3) is 4.87. The zero-order valence-corrected chi connectivity index (χ0v) is 18.5. The molecule has 1 aliphatic rings. The van der Waals surface area contributed by atoms with Crippen LogP contribution in [0.25, 0.3) is 0 Å². The quantitative estimate of drug-likeness (QED) is 0.726. The van der Waals surface area contributed by atoms with Crippen molar-refractivity contribution in [1.82, 2.24) is 24.6 Å². The van der Waals surface area contributed by atoms with Crippen LogP contribution in [0.3, 0.4) is 0 Å². The molecule has 0 bridgehead atoms. The Balaban J connectivity index is 1.68. The fourth-order valence-electron chi connectivity index (χ4n) is 3.96. The van der Waals surface area contributed by atoms with Crippen LogP contribution in [0.4, 0.5) is 0 Å². The van der Waals surface area contributed by atoms with Crippen molar-refractivity contribution in [1.29, 1.82) is 0 Å². The molecular weight excluding hydrogens is 382 g/mol. The molecule has 3 rings (SSSR count). The number of amides is 2. The van der Waals surface area contributed by atoms with E-state index in [0.717, 1.165) is 24.2 Å². The second kappa shape index (κ2) is 9.38. The van der Waals surface area contributed by atoms with Gasteiger partial charge in [-0.3, -0.25) is 9.59 Å². The van der Waals surface area contributed by atoms with Crippen molar-refractivity contribution in [3.05, 3.63) is 47.0 Å². The topological polar surface area (TPSA) is 80.6 Å². The van der Waals surface area contributed by atoms with Gasteiger partial charge in [0.05, 0.1) is 6.10 Å². The summed E-state index contributed by atoms with van der Waals surface area (Å²) in [6.45, 7) is 7.12. The molecule has 8 heteroatoms. The van der Waals surface area contributed by atoms with Gasteiger partial charge in [-0.05, 0) is 51.3 Å². The third-order valence-corrected chi connectivity index (χ3v) is 5.54. The molecule has 8 nitrogen and oxygen atoms in total. The van der Waals surface area contributed by atoms with Crippen LogP contribution in [0.5, 0.6) is 0 Å². The molecular formula is C22H31N5O3. The summed E-state index contributed by atoms with van der Waals surface area (Å²) in [6, 6.07) is 7.67. The smallest absolute Gasteiger partial charge is 0.253 e. The fourth-order valence-corrected chi connectivity index (χ4v) is 3.96. The summed E-state index contributed by atoms with van der Waals surface area (Å²) < 4.78 is 7.66. The summed E-state index contributed by atoms with van der Waals surface area (Å²) in [6.07, 6.45) is 1.45. The molecule has 2 atom stereocenters. The number of hydrogen-bond acceptors (Lipinski definition) is 5. The Kier molecular flexibility index (Phi) is 6.87. The van der Waals surface area contributed by atoms with E-state index in [1.165, 1.54) is 0 Å². The Hall–Kier alpha value is -2.74.